The van der Waals surface area contributed by atoms with Gasteiger partial charge in [-0.2, -0.15) is 0 Å². The predicted octanol–water partition coefficient (Wildman–Crippen LogP) is 7.90. The van der Waals surface area contributed by atoms with Gasteiger partial charge in [-0.25, -0.2) is 0 Å². The number of ether oxygens (including phenoxy) is 2. The van der Waals surface area contributed by atoms with Crippen molar-refractivity contribution in [3.05, 3.63) is 107 Å². The SMILES string of the molecule is COc1ccc(C(C)(C)c2ccc(OC(C)=O)c(-c3cccc(C)c3)c2)cc1-c1cccc(C)c1. The van der Waals surface area contributed by atoms with Crippen molar-refractivity contribution in [2.24, 2.45) is 0 Å². The van der Waals surface area contributed by atoms with Crippen molar-refractivity contribution >= 4 is 5.97 Å². The molecule has 4 rings (SSSR count). The molecule has 0 aromatic heterocycles. The number of hydrogen-bond donors (Lipinski definition) is 0. The molecule has 3 nitrogen and oxygen atoms in total. The van der Waals surface area contributed by atoms with Crippen LogP contribution in [0.5, 0.6) is 11.5 Å². The number of esters is 1. The summed E-state index contributed by atoms with van der Waals surface area (Å²) in [6.07, 6.45) is 0. The van der Waals surface area contributed by atoms with E-state index in [0.29, 0.717) is 5.75 Å². The van der Waals surface area contributed by atoms with Crippen LogP contribution in [0.4, 0.5) is 0 Å². The molecule has 0 heterocycles. The van der Waals surface area contributed by atoms with Crippen LogP contribution in [-0.4, -0.2) is 13.1 Å². The molecule has 0 radical (unpaired) electrons. The maximum atomic E-state index is 11.8. The maximum Gasteiger partial charge on any atom is 0.308 e. The minimum atomic E-state index is -0.330. The maximum absolute atomic E-state index is 11.8. The van der Waals surface area contributed by atoms with Crippen LogP contribution >= 0.6 is 0 Å². The summed E-state index contributed by atoms with van der Waals surface area (Å²) in [6, 6.07) is 29.2. The third-order valence-electron chi connectivity index (χ3n) is 6.53. The first-order valence-electron chi connectivity index (χ1n) is 11.8. The van der Waals surface area contributed by atoms with Gasteiger partial charge in [-0.15, -0.1) is 0 Å². The van der Waals surface area contributed by atoms with E-state index in [2.05, 4.69) is 88.4 Å². The first kappa shape index (κ1) is 24.3. The zero-order valence-electron chi connectivity index (χ0n) is 21.3. The summed E-state index contributed by atoms with van der Waals surface area (Å²) in [5.74, 6) is 1.09. The third-order valence-corrected chi connectivity index (χ3v) is 6.53. The first-order chi connectivity index (χ1) is 16.7. The molecule has 178 valence electrons. The van der Waals surface area contributed by atoms with Crippen molar-refractivity contribution in [1.82, 2.24) is 0 Å². The molecule has 0 amide bonds. The Bertz CT molecular complexity index is 1380. The van der Waals surface area contributed by atoms with Gasteiger partial charge in [0, 0.05) is 23.5 Å². The second-order valence-corrected chi connectivity index (χ2v) is 9.58. The molecule has 0 fully saturated rings. The van der Waals surface area contributed by atoms with E-state index in [1.165, 1.54) is 18.1 Å². The van der Waals surface area contributed by atoms with Crippen molar-refractivity contribution in [2.45, 2.75) is 40.0 Å². The van der Waals surface area contributed by atoms with Crippen LogP contribution in [-0.2, 0) is 10.2 Å². The summed E-state index contributed by atoms with van der Waals surface area (Å²) in [4.78, 5) is 11.8. The summed E-state index contributed by atoms with van der Waals surface area (Å²) in [6.45, 7) is 10.0. The molecule has 0 aliphatic carbocycles. The van der Waals surface area contributed by atoms with Gasteiger partial charge in [0.05, 0.1) is 7.11 Å². The van der Waals surface area contributed by atoms with E-state index in [4.69, 9.17) is 9.47 Å². The Hall–Kier alpha value is -3.85. The first-order valence-corrected chi connectivity index (χ1v) is 11.8. The minimum absolute atomic E-state index is 0.307. The number of rotatable bonds is 6. The van der Waals surface area contributed by atoms with E-state index in [-0.39, 0.29) is 11.4 Å². The molecule has 0 aliphatic rings. The van der Waals surface area contributed by atoms with Crippen LogP contribution in [0.3, 0.4) is 0 Å². The minimum Gasteiger partial charge on any atom is -0.496 e. The molecule has 0 bridgehead atoms. The zero-order chi connectivity index (χ0) is 25.2. The Morgan fingerprint density at radius 1 is 0.686 bits per heavy atom. The molecule has 0 unspecified atom stereocenters. The largest absolute Gasteiger partial charge is 0.496 e. The highest BCUT2D eigenvalue weighted by Crippen LogP contribution is 2.41. The molecule has 0 aliphatic heterocycles. The smallest absolute Gasteiger partial charge is 0.308 e. The van der Waals surface area contributed by atoms with E-state index in [1.54, 1.807) is 7.11 Å². The fourth-order valence-electron chi connectivity index (χ4n) is 4.50. The summed E-state index contributed by atoms with van der Waals surface area (Å²) < 4.78 is 11.3. The van der Waals surface area contributed by atoms with E-state index < -0.39 is 0 Å². The van der Waals surface area contributed by atoms with Gasteiger partial charge in [0.25, 0.3) is 0 Å². The molecule has 4 aromatic carbocycles. The molecule has 4 aromatic rings. The molecule has 0 atom stereocenters. The predicted molar refractivity (Wildman–Crippen MR) is 143 cm³/mol. The fraction of sp³-hybridized carbons (Fsp3) is 0.219. The van der Waals surface area contributed by atoms with Crippen molar-refractivity contribution in [3.8, 4) is 33.8 Å². The fourth-order valence-corrected chi connectivity index (χ4v) is 4.50. The molecule has 0 spiro atoms. The van der Waals surface area contributed by atoms with Crippen LogP contribution < -0.4 is 9.47 Å². The third kappa shape index (κ3) is 5.14. The highest BCUT2D eigenvalue weighted by Gasteiger charge is 2.26. The number of methoxy groups -OCH3 is 1. The number of benzene rings is 4. The Labute approximate surface area is 208 Å². The van der Waals surface area contributed by atoms with Gasteiger partial charge in [-0.1, -0.05) is 85.6 Å². The molecule has 3 heteroatoms. The quantitative estimate of drug-likeness (QED) is 0.215. The van der Waals surface area contributed by atoms with E-state index in [1.807, 2.05) is 24.3 Å². The topological polar surface area (TPSA) is 35.5 Å². The lowest BCUT2D eigenvalue weighted by atomic mass is 9.76. The summed E-state index contributed by atoms with van der Waals surface area (Å²) in [5, 5.41) is 0. The lowest BCUT2D eigenvalue weighted by Gasteiger charge is -2.28. The van der Waals surface area contributed by atoms with E-state index in [0.717, 1.165) is 39.1 Å². The van der Waals surface area contributed by atoms with Gasteiger partial charge in [0.1, 0.15) is 11.5 Å². The molecular formula is C32H32O3. The summed E-state index contributed by atoms with van der Waals surface area (Å²) in [7, 11) is 1.71. The van der Waals surface area contributed by atoms with Crippen molar-refractivity contribution in [2.75, 3.05) is 7.11 Å². The molecule has 35 heavy (non-hydrogen) atoms. The Balaban J connectivity index is 1.84. The van der Waals surface area contributed by atoms with Crippen LogP contribution in [0, 0.1) is 13.8 Å². The van der Waals surface area contributed by atoms with Gasteiger partial charge >= 0.3 is 5.97 Å². The van der Waals surface area contributed by atoms with Gasteiger partial charge in [-0.05, 0) is 60.4 Å². The molecule has 0 saturated carbocycles. The molecule has 0 N–H and O–H groups in total. The normalized spacial score (nSPS) is 11.3. The lowest BCUT2D eigenvalue weighted by Crippen LogP contribution is -2.19. The number of carbonyl (C=O) groups excluding carboxylic acids is 1. The van der Waals surface area contributed by atoms with Crippen LogP contribution in [0.1, 0.15) is 43.0 Å². The Morgan fingerprint density at radius 2 is 1.17 bits per heavy atom. The van der Waals surface area contributed by atoms with Crippen molar-refractivity contribution < 1.29 is 14.3 Å². The molecular weight excluding hydrogens is 432 g/mol. The van der Waals surface area contributed by atoms with Crippen LogP contribution in [0.15, 0.2) is 84.9 Å². The van der Waals surface area contributed by atoms with Crippen LogP contribution in [0.2, 0.25) is 0 Å². The number of hydrogen-bond acceptors (Lipinski definition) is 3. The highest BCUT2D eigenvalue weighted by molar-refractivity contribution is 5.78. The Morgan fingerprint density at radius 3 is 1.63 bits per heavy atom. The summed E-state index contributed by atoms with van der Waals surface area (Å²) >= 11 is 0. The van der Waals surface area contributed by atoms with Crippen molar-refractivity contribution in [3.63, 3.8) is 0 Å². The second kappa shape index (κ2) is 9.79. The van der Waals surface area contributed by atoms with Crippen LogP contribution in [0.25, 0.3) is 22.3 Å². The van der Waals surface area contributed by atoms with Gasteiger partial charge in [-0.3, -0.25) is 4.79 Å². The summed E-state index contributed by atoms with van der Waals surface area (Å²) in [5.41, 5.74) is 8.48. The standard InChI is InChI=1S/C32H32O3/c1-21-9-7-11-24(17-21)28-19-26(13-15-30(28)34-6)32(4,5)27-14-16-31(35-23(3)33)29(20-27)25-12-8-10-22(2)18-25/h7-20H,1-6H3. The second-order valence-electron chi connectivity index (χ2n) is 9.58. The monoisotopic (exact) mass is 464 g/mol. The average Bonchev–Trinajstić information content (AvgIpc) is 2.83. The Kier molecular flexibility index (Phi) is 6.79. The van der Waals surface area contributed by atoms with Gasteiger partial charge < -0.3 is 9.47 Å². The molecule has 0 saturated heterocycles. The number of aryl methyl sites for hydroxylation is 2. The van der Waals surface area contributed by atoms with E-state index >= 15 is 0 Å². The average molecular weight is 465 g/mol. The zero-order valence-corrected chi connectivity index (χ0v) is 21.3. The lowest BCUT2D eigenvalue weighted by molar-refractivity contribution is -0.131. The van der Waals surface area contributed by atoms with Gasteiger partial charge in [0.15, 0.2) is 0 Å². The van der Waals surface area contributed by atoms with Gasteiger partial charge in [0.2, 0.25) is 0 Å². The highest BCUT2D eigenvalue weighted by atomic mass is 16.5. The number of carbonyl (C=O) groups is 1. The van der Waals surface area contributed by atoms with E-state index in [9.17, 15) is 4.79 Å². The van der Waals surface area contributed by atoms with Crippen molar-refractivity contribution in [1.29, 1.82) is 0 Å².